The second-order valence-electron chi connectivity index (χ2n) is 8.56. The summed E-state index contributed by atoms with van der Waals surface area (Å²) in [5, 5.41) is 3.52. The van der Waals surface area contributed by atoms with E-state index >= 15 is 0 Å². The molecular formula is C23H22N2O4S. The van der Waals surface area contributed by atoms with Gasteiger partial charge < -0.3 is 10.1 Å². The Kier molecular flexibility index (Phi) is 4.11. The number of fused-ring (bicyclic) bond motifs is 6. The Hall–Kier alpha value is -2.51. The first kappa shape index (κ1) is 18.3. The molecule has 30 heavy (non-hydrogen) atoms. The van der Waals surface area contributed by atoms with Crippen molar-refractivity contribution in [2.75, 3.05) is 4.90 Å². The second-order valence-corrected chi connectivity index (χ2v) is 9.64. The van der Waals surface area contributed by atoms with Crippen molar-refractivity contribution in [3.63, 3.8) is 0 Å². The first-order valence-corrected chi connectivity index (χ1v) is 11.4. The van der Waals surface area contributed by atoms with E-state index in [0.717, 1.165) is 48.1 Å². The number of aryl methyl sites for hydroxylation is 1. The molecule has 1 aliphatic carbocycles. The van der Waals surface area contributed by atoms with Crippen molar-refractivity contribution in [1.82, 2.24) is 5.32 Å². The van der Waals surface area contributed by atoms with E-state index in [9.17, 15) is 14.4 Å². The van der Waals surface area contributed by atoms with Gasteiger partial charge in [0.25, 0.3) is 5.91 Å². The Morgan fingerprint density at radius 3 is 2.47 bits per heavy atom. The summed E-state index contributed by atoms with van der Waals surface area (Å²) in [5.41, 5.74) is 2.55. The van der Waals surface area contributed by atoms with Gasteiger partial charge in [-0.15, -0.1) is 11.3 Å². The number of rotatable bonds is 4. The molecule has 1 N–H and O–H groups in total. The number of thiophene rings is 1. The van der Waals surface area contributed by atoms with E-state index < -0.39 is 0 Å². The Bertz CT molecular complexity index is 1030. The molecule has 4 heterocycles. The zero-order valence-corrected chi connectivity index (χ0v) is 17.2. The van der Waals surface area contributed by atoms with Gasteiger partial charge in [-0.1, -0.05) is 30.3 Å². The standard InChI is InChI=1S/C23H22N2O4S/c26-20(24-11-12-5-2-1-3-6-12)17-13-7-4-8-16(13)30-23(17)25-21(27)18-14-9-10-15(29-14)19(18)22(25)28/h1-3,5-6,14-15,18-19H,4,7-11H2,(H,24,26). The van der Waals surface area contributed by atoms with Crippen molar-refractivity contribution < 1.29 is 19.1 Å². The fourth-order valence-corrected chi connectivity index (χ4v) is 6.96. The Morgan fingerprint density at radius 1 is 1.07 bits per heavy atom. The normalized spacial score (nSPS) is 28.9. The molecule has 7 heteroatoms. The zero-order chi connectivity index (χ0) is 20.4. The molecule has 0 radical (unpaired) electrons. The first-order valence-electron chi connectivity index (χ1n) is 10.6. The molecule has 2 bridgehead atoms. The monoisotopic (exact) mass is 422 g/mol. The van der Waals surface area contributed by atoms with Crippen molar-refractivity contribution in [2.45, 2.75) is 50.9 Å². The van der Waals surface area contributed by atoms with Crippen LogP contribution in [0.15, 0.2) is 30.3 Å². The van der Waals surface area contributed by atoms with E-state index in [-0.39, 0.29) is 41.8 Å². The summed E-state index contributed by atoms with van der Waals surface area (Å²) in [6, 6.07) is 9.73. The fraction of sp³-hybridized carbons (Fsp3) is 0.435. The maximum atomic E-state index is 13.3. The highest BCUT2D eigenvalue weighted by Crippen LogP contribution is 2.51. The number of imide groups is 1. The highest BCUT2D eigenvalue weighted by molar-refractivity contribution is 7.17. The van der Waals surface area contributed by atoms with E-state index in [2.05, 4.69) is 5.32 Å². The van der Waals surface area contributed by atoms with Crippen LogP contribution in [0.25, 0.3) is 0 Å². The van der Waals surface area contributed by atoms with Gasteiger partial charge in [0, 0.05) is 11.4 Å². The highest BCUT2D eigenvalue weighted by Gasteiger charge is 2.63. The highest BCUT2D eigenvalue weighted by atomic mass is 32.1. The van der Waals surface area contributed by atoms with Gasteiger partial charge >= 0.3 is 0 Å². The topological polar surface area (TPSA) is 75.7 Å². The molecular weight excluding hydrogens is 400 g/mol. The number of hydrogen-bond donors (Lipinski definition) is 1. The minimum Gasteiger partial charge on any atom is -0.373 e. The number of ether oxygens (including phenoxy) is 1. The first-order chi connectivity index (χ1) is 14.6. The lowest BCUT2D eigenvalue weighted by molar-refractivity contribution is -0.124. The van der Waals surface area contributed by atoms with Crippen molar-refractivity contribution in [1.29, 1.82) is 0 Å². The van der Waals surface area contributed by atoms with E-state index in [1.807, 2.05) is 30.3 Å². The number of nitrogens with one attached hydrogen (secondary N) is 1. The van der Waals surface area contributed by atoms with Crippen LogP contribution in [0.2, 0.25) is 0 Å². The van der Waals surface area contributed by atoms with E-state index in [1.54, 1.807) is 0 Å². The van der Waals surface area contributed by atoms with Crippen LogP contribution in [-0.2, 0) is 33.7 Å². The molecule has 4 unspecified atom stereocenters. The van der Waals surface area contributed by atoms with Gasteiger partial charge in [0.1, 0.15) is 5.00 Å². The van der Waals surface area contributed by atoms with Crippen LogP contribution in [0.5, 0.6) is 0 Å². The van der Waals surface area contributed by atoms with E-state index in [1.165, 1.54) is 16.2 Å². The lowest BCUT2D eigenvalue weighted by Crippen LogP contribution is -2.35. The maximum absolute atomic E-state index is 13.3. The summed E-state index contributed by atoms with van der Waals surface area (Å²) in [6.07, 6.45) is 4.10. The predicted octanol–water partition coefficient (Wildman–Crippen LogP) is 2.83. The number of benzene rings is 1. The summed E-state index contributed by atoms with van der Waals surface area (Å²) >= 11 is 1.45. The Morgan fingerprint density at radius 2 is 1.77 bits per heavy atom. The van der Waals surface area contributed by atoms with Crippen LogP contribution >= 0.6 is 11.3 Å². The minimum atomic E-state index is -0.381. The quantitative estimate of drug-likeness (QED) is 0.769. The molecule has 4 atom stereocenters. The van der Waals surface area contributed by atoms with Gasteiger partial charge in [-0.3, -0.25) is 14.4 Å². The predicted molar refractivity (Wildman–Crippen MR) is 111 cm³/mol. The third-order valence-electron chi connectivity index (χ3n) is 6.91. The van der Waals surface area contributed by atoms with Gasteiger partial charge in [0.05, 0.1) is 29.6 Å². The molecule has 1 aromatic carbocycles. The molecule has 2 aromatic rings. The van der Waals surface area contributed by atoms with E-state index in [4.69, 9.17) is 4.74 Å². The molecule has 0 saturated carbocycles. The second kappa shape index (κ2) is 6.75. The van der Waals surface area contributed by atoms with Crippen LogP contribution < -0.4 is 10.2 Å². The molecule has 3 amide bonds. The van der Waals surface area contributed by atoms with Crippen molar-refractivity contribution in [3.8, 4) is 0 Å². The molecule has 0 spiro atoms. The summed E-state index contributed by atoms with van der Waals surface area (Å²) in [4.78, 5) is 42.2. The van der Waals surface area contributed by atoms with Gasteiger partial charge in [-0.25, -0.2) is 4.90 Å². The van der Waals surface area contributed by atoms with E-state index in [0.29, 0.717) is 17.1 Å². The summed E-state index contributed by atoms with van der Waals surface area (Å²) in [5.74, 6) is -1.34. The molecule has 6 nitrogen and oxygen atoms in total. The molecule has 154 valence electrons. The van der Waals surface area contributed by atoms with Crippen molar-refractivity contribution in [3.05, 3.63) is 51.9 Å². The lowest BCUT2D eigenvalue weighted by Gasteiger charge is -2.18. The summed E-state index contributed by atoms with van der Waals surface area (Å²) in [6.45, 7) is 0.412. The molecule has 3 saturated heterocycles. The summed E-state index contributed by atoms with van der Waals surface area (Å²) < 4.78 is 5.85. The number of carbonyl (C=O) groups is 3. The van der Waals surface area contributed by atoms with Crippen LogP contribution in [0, 0.1) is 11.8 Å². The lowest BCUT2D eigenvalue weighted by atomic mass is 9.81. The number of anilines is 1. The average Bonchev–Trinajstić information content (AvgIpc) is 3.54. The maximum Gasteiger partial charge on any atom is 0.254 e. The smallest absolute Gasteiger partial charge is 0.254 e. The fourth-order valence-electron chi connectivity index (χ4n) is 5.56. The van der Waals surface area contributed by atoms with Crippen LogP contribution in [0.1, 0.15) is 45.6 Å². The van der Waals surface area contributed by atoms with Gasteiger partial charge in [-0.05, 0) is 43.2 Å². The van der Waals surface area contributed by atoms with Crippen LogP contribution in [0.3, 0.4) is 0 Å². The number of carbonyl (C=O) groups excluding carboxylic acids is 3. The number of nitrogens with zero attached hydrogens (tertiary/aromatic N) is 1. The van der Waals surface area contributed by atoms with Gasteiger partial charge in [0.2, 0.25) is 11.8 Å². The molecule has 3 fully saturated rings. The molecule has 4 aliphatic rings. The van der Waals surface area contributed by atoms with Crippen LogP contribution in [-0.4, -0.2) is 29.9 Å². The molecule has 1 aromatic heterocycles. The van der Waals surface area contributed by atoms with Gasteiger partial charge in [-0.2, -0.15) is 0 Å². The average molecular weight is 423 g/mol. The minimum absolute atomic E-state index is 0.149. The van der Waals surface area contributed by atoms with Crippen molar-refractivity contribution >= 4 is 34.1 Å². The third-order valence-corrected chi connectivity index (χ3v) is 8.19. The van der Waals surface area contributed by atoms with Crippen molar-refractivity contribution in [2.24, 2.45) is 11.8 Å². The SMILES string of the molecule is O=C(NCc1ccccc1)c1c(N2C(=O)C3C4CCC(O4)C3C2=O)sc2c1CCC2. The number of hydrogen-bond acceptors (Lipinski definition) is 5. The molecule has 6 rings (SSSR count). The van der Waals surface area contributed by atoms with Gasteiger partial charge in [0.15, 0.2) is 0 Å². The summed E-state index contributed by atoms with van der Waals surface area (Å²) in [7, 11) is 0. The molecule has 3 aliphatic heterocycles. The Balaban J connectivity index is 1.34. The zero-order valence-electron chi connectivity index (χ0n) is 16.4. The number of amides is 3. The van der Waals surface area contributed by atoms with Crippen LogP contribution in [0.4, 0.5) is 5.00 Å². The largest absolute Gasteiger partial charge is 0.373 e. The Labute approximate surface area is 178 Å². The third kappa shape index (κ3) is 2.55.